The van der Waals surface area contributed by atoms with E-state index in [9.17, 15) is 0 Å². The molecule has 1 aliphatic carbocycles. The van der Waals surface area contributed by atoms with E-state index in [1.807, 2.05) is 12.3 Å². The number of rotatable bonds is 4. The Hall–Kier alpha value is -1.61. The fraction of sp³-hybridized carbons (Fsp3) is 0.471. The zero-order chi connectivity index (χ0) is 13.4. The molecule has 3 nitrogen and oxygen atoms in total. The van der Waals surface area contributed by atoms with Gasteiger partial charge in [0.05, 0.1) is 5.52 Å². The summed E-state index contributed by atoms with van der Waals surface area (Å²) in [6, 6.07) is 11.4. The highest BCUT2D eigenvalue weighted by Crippen LogP contribution is 2.32. The normalized spacial score (nSPS) is 23.3. The number of pyridine rings is 1. The molecule has 2 heterocycles. The van der Waals surface area contributed by atoms with Crippen LogP contribution in [0.2, 0.25) is 0 Å². The van der Waals surface area contributed by atoms with Crippen LogP contribution >= 0.6 is 0 Å². The average molecular weight is 267 g/mol. The van der Waals surface area contributed by atoms with E-state index in [0.717, 1.165) is 24.0 Å². The quantitative estimate of drug-likeness (QED) is 0.922. The minimum Gasteiger partial charge on any atom is -0.384 e. The lowest BCUT2D eigenvalue weighted by Gasteiger charge is -2.16. The summed E-state index contributed by atoms with van der Waals surface area (Å²) in [5.74, 6) is 0.794. The van der Waals surface area contributed by atoms with Gasteiger partial charge < -0.3 is 10.2 Å². The summed E-state index contributed by atoms with van der Waals surface area (Å²) in [5.41, 5.74) is 2.30. The van der Waals surface area contributed by atoms with Crippen LogP contribution in [0, 0.1) is 5.92 Å². The third-order valence-corrected chi connectivity index (χ3v) is 4.61. The Balaban J connectivity index is 1.43. The van der Waals surface area contributed by atoms with Gasteiger partial charge in [-0.2, -0.15) is 0 Å². The van der Waals surface area contributed by atoms with Crippen LogP contribution in [0.1, 0.15) is 19.3 Å². The first-order valence-electron chi connectivity index (χ1n) is 7.72. The van der Waals surface area contributed by atoms with Gasteiger partial charge in [0, 0.05) is 36.4 Å². The van der Waals surface area contributed by atoms with Crippen LogP contribution < -0.4 is 5.32 Å². The van der Waals surface area contributed by atoms with Crippen molar-refractivity contribution in [3.8, 4) is 0 Å². The van der Waals surface area contributed by atoms with Gasteiger partial charge in [-0.05, 0) is 43.9 Å². The Kier molecular flexibility index (Phi) is 3.07. The number of fused-ring (bicyclic) bond motifs is 1. The van der Waals surface area contributed by atoms with Gasteiger partial charge in [0.2, 0.25) is 0 Å². The third kappa shape index (κ3) is 2.38. The smallest absolute Gasteiger partial charge is 0.0722 e. The number of nitrogens with zero attached hydrogens (tertiary/aromatic N) is 2. The van der Waals surface area contributed by atoms with Gasteiger partial charge in [-0.1, -0.05) is 18.2 Å². The van der Waals surface area contributed by atoms with Crippen molar-refractivity contribution in [3.63, 3.8) is 0 Å². The van der Waals surface area contributed by atoms with E-state index in [4.69, 9.17) is 0 Å². The number of likely N-dealkylation sites (tertiary alicyclic amines) is 1. The monoisotopic (exact) mass is 267 g/mol. The van der Waals surface area contributed by atoms with Gasteiger partial charge in [0.1, 0.15) is 0 Å². The Morgan fingerprint density at radius 3 is 2.95 bits per heavy atom. The summed E-state index contributed by atoms with van der Waals surface area (Å²) in [5, 5.41) is 4.87. The van der Waals surface area contributed by atoms with E-state index < -0.39 is 0 Å². The number of anilines is 1. The molecule has 0 radical (unpaired) electrons. The summed E-state index contributed by atoms with van der Waals surface area (Å²) in [6.45, 7) is 3.66. The average Bonchev–Trinajstić information content (AvgIpc) is 3.24. The molecule has 2 aliphatic rings. The van der Waals surface area contributed by atoms with Crippen LogP contribution in [0.3, 0.4) is 0 Å². The van der Waals surface area contributed by atoms with E-state index in [-0.39, 0.29) is 0 Å². The van der Waals surface area contributed by atoms with Gasteiger partial charge >= 0.3 is 0 Å². The standard InChI is InChI=1S/C17H21N3/c1-2-4-16-15(3-1)17(7-9-18-16)19-11-13-8-10-20(12-13)14-5-6-14/h1-4,7,9,13-14H,5-6,8,10-12H2,(H,18,19). The third-order valence-electron chi connectivity index (χ3n) is 4.61. The van der Waals surface area contributed by atoms with E-state index in [2.05, 4.69) is 39.5 Å². The minimum atomic E-state index is 0.794. The molecule has 3 heteroatoms. The van der Waals surface area contributed by atoms with Crippen molar-refractivity contribution in [1.82, 2.24) is 9.88 Å². The molecule has 4 rings (SSSR count). The highest BCUT2D eigenvalue weighted by Gasteiger charge is 2.34. The first-order chi connectivity index (χ1) is 9.90. The molecule has 104 valence electrons. The molecule has 0 spiro atoms. The summed E-state index contributed by atoms with van der Waals surface area (Å²) in [6.07, 6.45) is 6.09. The molecule has 20 heavy (non-hydrogen) atoms. The number of hydrogen-bond acceptors (Lipinski definition) is 3. The SMILES string of the molecule is c1ccc2c(NCC3CCN(C4CC4)C3)ccnc2c1. The number of nitrogens with one attached hydrogen (secondary N) is 1. The molecule has 1 saturated heterocycles. The van der Waals surface area contributed by atoms with Gasteiger partial charge in [-0.25, -0.2) is 0 Å². The van der Waals surface area contributed by atoms with Crippen LogP contribution in [-0.4, -0.2) is 35.6 Å². The van der Waals surface area contributed by atoms with Crippen molar-refractivity contribution in [2.75, 3.05) is 25.0 Å². The van der Waals surface area contributed by atoms with E-state index in [1.165, 1.54) is 43.4 Å². The maximum Gasteiger partial charge on any atom is 0.0722 e. The second-order valence-electron chi connectivity index (χ2n) is 6.14. The van der Waals surface area contributed by atoms with E-state index >= 15 is 0 Å². The minimum absolute atomic E-state index is 0.794. The Morgan fingerprint density at radius 1 is 1.15 bits per heavy atom. The molecule has 1 aromatic carbocycles. The highest BCUT2D eigenvalue weighted by molar-refractivity contribution is 5.90. The lowest BCUT2D eigenvalue weighted by atomic mass is 10.1. The lowest BCUT2D eigenvalue weighted by Crippen LogP contribution is -2.24. The molecule has 2 aromatic rings. The van der Waals surface area contributed by atoms with Crippen LogP contribution in [0.25, 0.3) is 10.9 Å². The van der Waals surface area contributed by atoms with Crippen LogP contribution in [-0.2, 0) is 0 Å². The highest BCUT2D eigenvalue weighted by atomic mass is 15.2. The zero-order valence-corrected chi connectivity index (χ0v) is 11.8. The second-order valence-corrected chi connectivity index (χ2v) is 6.14. The van der Waals surface area contributed by atoms with E-state index in [1.54, 1.807) is 0 Å². The Labute approximate surface area is 120 Å². The molecule has 1 atom stereocenters. The van der Waals surface area contributed by atoms with Crippen LogP contribution in [0.15, 0.2) is 36.5 Å². The number of hydrogen-bond donors (Lipinski definition) is 1. The fourth-order valence-electron chi connectivity index (χ4n) is 3.30. The molecule has 1 unspecified atom stereocenters. The fourth-order valence-corrected chi connectivity index (χ4v) is 3.30. The summed E-state index contributed by atoms with van der Waals surface area (Å²) in [7, 11) is 0. The summed E-state index contributed by atoms with van der Waals surface area (Å²) >= 11 is 0. The van der Waals surface area contributed by atoms with Crippen LogP contribution in [0.4, 0.5) is 5.69 Å². The zero-order valence-electron chi connectivity index (χ0n) is 11.8. The molecule has 2 fully saturated rings. The molecule has 1 aromatic heterocycles. The van der Waals surface area contributed by atoms with Gasteiger partial charge in [-0.15, -0.1) is 0 Å². The van der Waals surface area contributed by atoms with Crippen molar-refractivity contribution < 1.29 is 0 Å². The topological polar surface area (TPSA) is 28.2 Å². The van der Waals surface area contributed by atoms with E-state index in [0.29, 0.717) is 0 Å². The summed E-state index contributed by atoms with van der Waals surface area (Å²) < 4.78 is 0. The molecule has 1 N–H and O–H groups in total. The molecule has 1 aliphatic heterocycles. The number of aromatic nitrogens is 1. The molecule has 0 bridgehead atoms. The largest absolute Gasteiger partial charge is 0.384 e. The number of para-hydroxylation sites is 1. The lowest BCUT2D eigenvalue weighted by molar-refractivity contribution is 0.316. The molecular weight excluding hydrogens is 246 g/mol. The first-order valence-corrected chi connectivity index (χ1v) is 7.72. The summed E-state index contributed by atoms with van der Waals surface area (Å²) in [4.78, 5) is 7.09. The van der Waals surface area contributed by atoms with Gasteiger partial charge in [-0.3, -0.25) is 4.98 Å². The van der Waals surface area contributed by atoms with Crippen LogP contribution in [0.5, 0.6) is 0 Å². The molecular formula is C17H21N3. The maximum absolute atomic E-state index is 4.42. The van der Waals surface area contributed by atoms with Crippen molar-refractivity contribution in [2.24, 2.45) is 5.92 Å². The predicted molar refractivity (Wildman–Crippen MR) is 82.9 cm³/mol. The molecule has 1 saturated carbocycles. The second kappa shape index (κ2) is 5.06. The van der Waals surface area contributed by atoms with Gasteiger partial charge in [0.25, 0.3) is 0 Å². The predicted octanol–water partition coefficient (Wildman–Crippen LogP) is 3.13. The van der Waals surface area contributed by atoms with Crippen molar-refractivity contribution in [3.05, 3.63) is 36.5 Å². The van der Waals surface area contributed by atoms with Gasteiger partial charge in [0.15, 0.2) is 0 Å². The Bertz CT molecular complexity index is 601. The Morgan fingerprint density at radius 2 is 2.05 bits per heavy atom. The van der Waals surface area contributed by atoms with Crippen molar-refractivity contribution in [1.29, 1.82) is 0 Å². The number of benzene rings is 1. The maximum atomic E-state index is 4.42. The van der Waals surface area contributed by atoms with Crippen molar-refractivity contribution >= 4 is 16.6 Å². The first kappa shape index (κ1) is 12.2. The van der Waals surface area contributed by atoms with Crippen molar-refractivity contribution in [2.45, 2.75) is 25.3 Å². The molecule has 0 amide bonds.